The highest BCUT2D eigenvalue weighted by Gasteiger charge is 2.22. The van der Waals surface area contributed by atoms with Crippen LogP contribution in [-0.2, 0) is 29.1 Å². The van der Waals surface area contributed by atoms with Crippen molar-refractivity contribution in [2.75, 3.05) is 0 Å². The Hall–Kier alpha value is -2.80. The van der Waals surface area contributed by atoms with Gasteiger partial charge in [-0.2, -0.15) is 0 Å². The Labute approximate surface area is 121 Å². The van der Waals surface area contributed by atoms with Gasteiger partial charge in [-0.15, -0.1) is 0 Å². The van der Waals surface area contributed by atoms with Gasteiger partial charge in [0.1, 0.15) is 0 Å². The average Bonchev–Trinajstić information content (AvgIpc) is 2.90. The van der Waals surface area contributed by atoms with E-state index in [2.05, 4.69) is 22.1 Å². The van der Waals surface area contributed by atoms with Crippen LogP contribution in [0, 0.1) is 0 Å². The van der Waals surface area contributed by atoms with Gasteiger partial charge in [0.25, 0.3) is 0 Å². The number of benzene rings is 2. The maximum atomic E-state index is 10.4. The number of nitrogens with zero attached hydrogens (tertiary/aromatic N) is 2. The zero-order valence-corrected chi connectivity index (χ0v) is 11.3. The van der Waals surface area contributed by atoms with Crippen LogP contribution in [0.4, 0.5) is 0 Å². The molecule has 0 N–H and O–H groups in total. The minimum absolute atomic E-state index is 0.261. The number of aliphatic imine (C=N–C) groups is 2. The van der Waals surface area contributed by atoms with Crippen molar-refractivity contribution in [1.29, 1.82) is 0 Å². The molecule has 0 spiro atoms. The first kappa shape index (κ1) is 13.2. The molecule has 0 saturated heterocycles. The normalized spacial score (nSPS) is 11.0. The minimum atomic E-state index is 0.261. The first-order valence-electron chi connectivity index (χ1n) is 6.64. The van der Waals surface area contributed by atoms with E-state index in [1.807, 2.05) is 24.3 Å². The van der Waals surface area contributed by atoms with Gasteiger partial charge < -0.3 is 0 Å². The fourth-order valence-electron chi connectivity index (χ4n) is 2.90. The summed E-state index contributed by atoms with van der Waals surface area (Å²) in [5.74, 6) is 0. The van der Waals surface area contributed by atoms with Gasteiger partial charge in [-0.3, -0.25) is 0 Å². The molecule has 4 heteroatoms. The Morgan fingerprint density at radius 3 is 2.48 bits per heavy atom. The fraction of sp³-hybridized carbons (Fsp3) is 0.176. The van der Waals surface area contributed by atoms with E-state index in [-0.39, 0.29) is 13.1 Å². The van der Waals surface area contributed by atoms with Crippen LogP contribution in [0.15, 0.2) is 46.4 Å². The van der Waals surface area contributed by atoms with Crippen LogP contribution in [-0.4, -0.2) is 12.2 Å². The summed E-state index contributed by atoms with van der Waals surface area (Å²) in [5.41, 5.74) is 6.68. The van der Waals surface area contributed by atoms with Gasteiger partial charge in [0.2, 0.25) is 12.2 Å². The maximum Gasteiger partial charge on any atom is 0.235 e. The molecule has 21 heavy (non-hydrogen) atoms. The number of isocyanates is 2. The molecule has 2 aromatic carbocycles. The Balaban J connectivity index is 2.14. The second kappa shape index (κ2) is 5.68. The highest BCUT2D eigenvalue weighted by atomic mass is 16.1. The lowest BCUT2D eigenvalue weighted by atomic mass is 9.96. The van der Waals surface area contributed by atoms with Crippen LogP contribution in [0.5, 0.6) is 0 Å². The monoisotopic (exact) mass is 276 g/mol. The molecule has 0 saturated carbocycles. The van der Waals surface area contributed by atoms with Crippen LogP contribution in [0.1, 0.15) is 22.3 Å². The maximum absolute atomic E-state index is 10.4. The van der Waals surface area contributed by atoms with E-state index in [4.69, 9.17) is 0 Å². The summed E-state index contributed by atoms with van der Waals surface area (Å²) in [7, 11) is 0. The zero-order valence-electron chi connectivity index (χ0n) is 11.3. The molecular formula is C17H12N2O2. The number of rotatable bonds is 4. The van der Waals surface area contributed by atoms with Gasteiger partial charge in [0.05, 0.1) is 13.1 Å². The van der Waals surface area contributed by atoms with Gasteiger partial charge in [0.15, 0.2) is 0 Å². The summed E-state index contributed by atoms with van der Waals surface area (Å²) in [6, 6.07) is 12.2. The Morgan fingerprint density at radius 1 is 0.905 bits per heavy atom. The van der Waals surface area contributed by atoms with Crippen molar-refractivity contribution in [3.8, 4) is 11.1 Å². The summed E-state index contributed by atoms with van der Waals surface area (Å²) in [5, 5.41) is 0. The number of fused-ring (bicyclic) bond motifs is 3. The van der Waals surface area contributed by atoms with Gasteiger partial charge in [-0.1, -0.05) is 36.4 Å². The molecule has 3 rings (SSSR count). The van der Waals surface area contributed by atoms with Crippen molar-refractivity contribution in [3.63, 3.8) is 0 Å². The van der Waals surface area contributed by atoms with E-state index in [9.17, 15) is 9.59 Å². The molecule has 0 atom stereocenters. The van der Waals surface area contributed by atoms with Crippen LogP contribution in [0.25, 0.3) is 11.1 Å². The van der Waals surface area contributed by atoms with Gasteiger partial charge in [0, 0.05) is 0 Å². The lowest BCUT2D eigenvalue weighted by Crippen LogP contribution is -1.98. The van der Waals surface area contributed by atoms with Crippen molar-refractivity contribution >= 4 is 12.2 Å². The molecule has 4 nitrogen and oxygen atoms in total. The van der Waals surface area contributed by atoms with E-state index < -0.39 is 0 Å². The molecule has 1 aliphatic rings. The summed E-state index contributed by atoms with van der Waals surface area (Å²) < 4.78 is 0. The molecule has 2 aromatic rings. The second-order valence-electron chi connectivity index (χ2n) is 4.88. The van der Waals surface area contributed by atoms with Crippen molar-refractivity contribution < 1.29 is 9.59 Å². The van der Waals surface area contributed by atoms with Gasteiger partial charge in [-0.05, 0) is 39.8 Å². The van der Waals surface area contributed by atoms with Crippen molar-refractivity contribution in [2.45, 2.75) is 19.5 Å². The predicted octanol–water partition coefficient (Wildman–Crippen LogP) is 2.93. The number of hydrogen-bond acceptors (Lipinski definition) is 4. The molecule has 1 aliphatic carbocycles. The smallest absolute Gasteiger partial charge is 0.211 e. The van der Waals surface area contributed by atoms with Crippen LogP contribution >= 0.6 is 0 Å². The summed E-state index contributed by atoms with van der Waals surface area (Å²) in [6.07, 6.45) is 3.94. The molecule has 0 bridgehead atoms. The van der Waals surface area contributed by atoms with Crippen LogP contribution < -0.4 is 0 Å². The highest BCUT2D eigenvalue weighted by molar-refractivity contribution is 5.78. The van der Waals surface area contributed by atoms with E-state index in [1.165, 1.54) is 16.7 Å². The Morgan fingerprint density at radius 2 is 1.67 bits per heavy atom. The third-order valence-electron chi connectivity index (χ3n) is 3.82. The molecule has 0 radical (unpaired) electrons. The van der Waals surface area contributed by atoms with Crippen LogP contribution in [0.2, 0.25) is 0 Å². The Kier molecular flexibility index (Phi) is 3.57. The van der Waals surface area contributed by atoms with Gasteiger partial charge >= 0.3 is 0 Å². The molecular weight excluding hydrogens is 264 g/mol. The fourth-order valence-corrected chi connectivity index (χ4v) is 2.90. The van der Waals surface area contributed by atoms with E-state index in [1.54, 1.807) is 12.2 Å². The molecule has 0 heterocycles. The topological polar surface area (TPSA) is 58.9 Å². The van der Waals surface area contributed by atoms with E-state index in [0.717, 1.165) is 23.1 Å². The average molecular weight is 276 g/mol. The second-order valence-corrected chi connectivity index (χ2v) is 4.88. The zero-order chi connectivity index (χ0) is 14.7. The third kappa shape index (κ3) is 2.34. The quantitative estimate of drug-likeness (QED) is 0.543. The first-order valence-corrected chi connectivity index (χ1v) is 6.64. The lowest BCUT2D eigenvalue weighted by molar-refractivity contribution is 0.561. The largest absolute Gasteiger partial charge is 0.235 e. The van der Waals surface area contributed by atoms with Gasteiger partial charge in [-0.25, -0.2) is 19.6 Å². The summed E-state index contributed by atoms with van der Waals surface area (Å²) >= 11 is 0. The first-order chi connectivity index (χ1) is 10.3. The van der Waals surface area contributed by atoms with Crippen molar-refractivity contribution in [1.82, 2.24) is 0 Å². The molecule has 0 amide bonds. The number of carbonyl (C=O) groups excluding carboxylic acids is 2. The van der Waals surface area contributed by atoms with Crippen molar-refractivity contribution in [2.24, 2.45) is 9.98 Å². The lowest BCUT2D eigenvalue weighted by Gasteiger charge is -2.11. The van der Waals surface area contributed by atoms with E-state index >= 15 is 0 Å². The van der Waals surface area contributed by atoms with E-state index in [0.29, 0.717) is 0 Å². The Bertz CT molecular complexity index is 798. The molecule has 0 aliphatic heterocycles. The molecule has 0 unspecified atom stereocenters. The summed E-state index contributed by atoms with van der Waals surface area (Å²) in [6.45, 7) is 0.529. The van der Waals surface area contributed by atoms with Crippen molar-refractivity contribution in [3.05, 3.63) is 58.7 Å². The highest BCUT2D eigenvalue weighted by Crippen LogP contribution is 2.39. The number of hydrogen-bond donors (Lipinski definition) is 0. The van der Waals surface area contributed by atoms with Crippen LogP contribution in [0.3, 0.4) is 0 Å². The predicted molar refractivity (Wildman–Crippen MR) is 78.3 cm³/mol. The summed E-state index contributed by atoms with van der Waals surface area (Å²) in [4.78, 5) is 28.1. The molecule has 102 valence electrons. The molecule has 0 aromatic heterocycles. The minimum Gasteiger partial charge on any atom is -0.211 e. The molecule has 0 fully saturated rings. The third-order valence-corrected chi connectivity index (χ3v) is 3.82. The SMILES string of the molecule is O=C=NCc1ccc2c(c1CN=C=O)Cc1ccccc1-2. The standard InChI is InChI=1S/C17H12N2O2/c20-10-18-8-13-5-6-15-14-4-2-1-3-12(14)7-16(15)17(13)9-19-11-21/h1-6H,7-9H2.